The van der Waals surface area contributed by atoms with E-state index in [-0.39, 0.29) is 6.10 Å². The minimum absolute atomic E-state index is 0.224. The molecule has 1 atom stereocenters. The van der Waals surface area contributed by atoms with Crippen LogP contribution in [0.1, 0.15) is 43.7 Å². The molecule has 2 N–H and O–H groups in total. The van der Waals surface area contributed by atoms with E-state index >= 15 is 0 Å². The molecule has 3 rings (SSSR count). The third-order valence-corrected chi connectivity index (χ3v) is 5.09. The van der Waals surface area contributed by atoms with Crippen molar-refractivity contribution < 1.29 is 5.11 Å². The van der Waals surface area contributed by atoms with Gasteiger partial charge < -0.3 is 15.3 Å². The van der Waals surface area contributed by atoms with Crippen molar-refractivity contribution in [2.75, 3.05) is 32.7 Å². The smallest absolute Gasteiger partial charge is 0.194 e. The number of hydrogen-bond acceptors (Lipinski definition) is 3. The van der Waals surface area contributed by atoms with Crippen LogP contribution in [0.2, 0.25) is 0 Å². The van der Waals surface area contributed by atoms with E-state index in [9.17, 15) is 5.11 Å². The van der Waals surface area contributed by atoms with E-state index in [1.807, 2.05) is 0 Å². The number of rotatable bonds is 5. The molecule has 5 heteroatoms. The summed E-state index contributed by atoms with van der Waals surface area (Å²) in [4.78, 5) is 9.46. The minimum atomic E-state index is -0.224. The van der Waals surface area contributed by atoms with Gasteiger partial charge in [0.1, 0.15) is 0 Å². The fraction of sp³-hybridized carbons (Fsp3) is 0.650. The Morgan fingerprint density at radius 1 is 1.12 bits per heavy atom. The molecule has 0 bridgehead atoms. The lowest BCUT2D eigenvalue weighted by Crippen LogP contribution is -2.40. The second-order valence-electron chi connectivity index (χ2n) is 7.21. The standard InChI is InChI=1S/C20H32N4O/c1-2-21-20(24-13-10-19(25)16-24)22-14-17-6-8-18(9-7-17)15-23-11-4-3-5-12-23/h6-9,19,25H,2-5,10-16H2,1H3,(H,21,22)/t19-/m1/s1. The summed E-state index contributed by atoms with van der Waals surface area (Å²) in [5.41, 5.74) is 2.63. The Morgan fingerprint density at radius 2 is 1.84 bits per heavy atom. The van der Waals surface area contributed by atoms with Crippen molar-refractivity contribution in [2.45, 2.75) is 51.8 Å². The number of nitrogens with one attached hydrogen (secondary N) is 1. The summed E-state index contributed by atoms with van der Waals surface area (Å²) < 4.78 is 0. The largest absolute Gasteiger partial charge is 0.391 e. The van der Waals surface area contributed by atoms with Crippen molar-refractivity contribution in [2.24, 2.45) is 4.99 Å². The zero-order chi connectivity index (χ0) is 17.5. The molecule has 2 aliphatic rings. The molecule has 0 aromatic heterocycles. The predicted octanol–water partition coefficient (Wildman–Crippen LogP) is 2.20. The Bertz CT molecular complexity index is 551. The van der Waals surface area contributed by atoms with Gasteiger partial charge in [-0.05, 0) is 50.4 Å². The molecule has 0 aliphatic carbocycles. The molecule has 0 radical (unpaired) electrons. The van der Waals surface area contributed by atoms with E-state index in [1.54, 1.807) is 0 Å². The fourth-order valence-corrected chi connectivity index (χ4v) is 3.65. The van der Waals surface area contributed by atoms with Crippen LogP contribution in [0.4, 0.5) is 0 Å². The molecule has 2 aliphatic heterocycles. The number of nitrogens with zero attached hydrogens (tertiary/aromatic N) is 3. The second kappa shape index (κ2) is 9.20. The first-order chi connectivity index (χ1) is 12.2. The molecule has 1 aromatic carbocycles. The molecule has 1 aromatic rings. The highest BCUT2D eigenvalue weighted by Crippen LogP contribution is 2.14. The summed E-state index contributed by atoms with van der Waals surface area (Å²) in [6, 6.07) is 8.88. The number of guanidine groups is 1. The third-order valence-electron chi connectivity index (χ3n) is 5.09. The zero-order valence-electron chi connectivity index (χ0n) is 15.5. The molecular weight excluding hydrogens is 312 g/mol. The molecule has 2 heterocycles. The highest BCUT2D eigenvalue weighted by atomic mass is 16.3. The molecule has 0 saturated carbocycles. The molecule has 0 unspecified atom stereocenters. The van der Waals surface area contributed by atoms with Gasteiger partial charge in [-0.2, -0.15) is 0 Å². The molecule has 0 amide bonds. The number of aliphatic hydroxyl groups is 1. The lowest BCUT2D eigenvalue weighted by atomic mass is 10.1. The van der Waals surface area contributed by atoms with Gasteiger partial charge in [0.15, 0.2) is 5.96 Å². The van der Waals surface area contributed by atoms with Gasteiger partial charge >= 0.3 is 0 Å². The Hall–Kier alpha value is -1.59. The van der Waals surface area contributed by atoms with Crippen LogP contribution >= 0.6 is 0 Å². The Labute approximate surface area is 151 Å². The van der Waals surface area contributed by atoms with E-state index in [0.29, 0.717) is 13.1 Å². The van der Waals surface area contributed by atoms with Crippen LogP contribution in [0.5, 0.6) is 0 Å². The number of hydrogen-bond donors (Lipinski definition) is 2. The SMILES string of the molecule is CCNC(=NCc1ccc(CN2CCCCC2)cc1)N1CC[C@@H](O)C1. The van der Waals surface area contributed by atoms with Crippen molar-refractivity contribution in [1.29, 1.82) is 0 Å². The van der Waals surface area contributed by atoms with Crippen LogP contribution in [0.3, 0.4) is 0 Å². The van der Waals surface area contributed by atoms with Gasteiger partial charge in [0.05, 0.1) is 12.6 Å². The van der Waals surface area contributed by atoms with Crippen LogP contribution in [-0.2, 0) is 13.1 Å². The van der Waals surface area contributed by atoms with E-state index in [4.69, 9.17) is 4.99 Å². The maximum absolute atomic E-state index is 9.74. The second-order valence-corrected chi connectivity index (χ2v) is 7.21. The Kier molecular flexibility index (Phi) is 6.70. The van der Waals surface area contributed by atoms with Crippen LogP contribution in [0, 0.1) is 0 Å². The quantitative estimate of drug-likeness (QED) is 0.635. The highest BCUT2D eigenvalue weighted by Gasteiger charge is 2.22. The molecule has 138 valence electrons. The van der Waals surface area contributed by atoms with Crippen molar-refractivity contribution in [3.05, 3.63) is 35.4 Å². The topological polar surface area (TPSA) is 51.1 Å². The minimum Gasteiger partial charge on any atom is -0.391 e. The van der Waals surface area contributed by atoms with E-state index in [0.717, 1.165) is 32.0 Å². The zero-order valence-corrected chi connectivity index (χ0v) is 15.5. The average Bonchev–Trinajstić information content (AvgIpc) is 3.07. The molecule has 2 fully saturated rings. The molecule has 5 nitrogen and oxygen atoms in total. The van der Waals surface area contributed by atoms with Gasteiger partial charge in [-0.25, -0.2) is 4.99 Å². The normalized spacial score (nSPS) is 22.4. The van der Waals surface area contributed by atoms with Crippen molar-refractivity contribution in [3.8, 4) is 0 Å². The van der Waals surface area contributed by atoms with Gasteiger partial charge in [-0.3, -0.25) is 4.90 Å². The van der Waals surface area contributed by atoms with E-state index < -0.39 is 0 Å². The lowest BCUT2D eigenvalue weighted by Gasteiger charge is -2.26. The van der Waals surface area contributed by atoms with Crippen molar-refractivity contribution in [3.63, 3.8) is 0 Å². The van der Waals surface area contributed by atoms with Crippen LogP contribution in [0.15, 0.2) is 29.3 Å². The first-order valence-corrected chi connectivity index (χ1v) is 9.76. The van der Waals surface area contributed by atoms with Crippen LogP contribution in [0.25, 0.3) is 0 Å². The summed E-state index contributed by atoms with van der Waals surface area (Å²) in [5, 5.41) is 13.1. The fourth-order valence-electron chi connectivity index (χ4n) is 3.65. The molecule has 25 heavy (non-hydrogen) atoms. The average molecular weight is 345 g/mol. The monoisotopic (exact) mass is 344 g/mol. The van der Waals surface area contributed by atoms with Crippen LogP contribution in [-0.4, -0.2) is 59.7 Å². The first-order valence-electron chi connectivity index (χ1n) is 9.76. The maximum atomic E-state index is 9.74. The van der Waals surface area contributed by atoms with E-state index in [2.05, 4.69) is 46.3 Å². The van der Waals surface area contributed by atoms with Gasteiger partial charge in [0.2, 0.25) is 0 Å². The van der Waals surface area contributed by atoms with Gasteiger partial charge in [0.25, 0.3) is 0 Å². The Balaban J connectivity index is 1.55. The summed E-state index contributed by atoms with van der Waals surface area (Å²) >= 11 is 0. The summed E-state index contributed by atoms with van der Waals surface area (Å²) in [6.45, 7) is 8.70. The molecule has 0 spiro atoms. The number of piperidine rings is 1. The van der Waals surface area contributed by atoms with Crippen LogP contribution < -0.4 is 5.32 Å². The third kappa shape index (κ3) is 5.44. The number of β-amino-alcohol motifs (C(OH)–C–C–N with tert-alkyl or cyclic N) is 1. The van der Waals surface area contributed by atoms with Gasteiger partial charge in [-0.15, -0.1) is 0 Å². The first kappa shape index (κ1) is 18.2. The maximum Gasteiger partial charge on any atom is 0.194 e. The molecule has 2 saturated heterocycles. The number of benzene rings is 1. The predicted molar refractivity (Wildman–Crippen MR) is 103 cm³/mol. The van der Waals surface area contributed by atoms with Crippen molar-refractivity contribution >= 4 is 5.96 Å². The number of likely N-dealkylation sites (tertiary alicyclic amines) is 2. The van der Waals surface area contributed by atoms with Gasteiger partial charge in [0, 0.05) is 26.2 Å². The number of aliphatic hydroxyl groups excluding tert-OH is 1. The lowest BCUT2D eigenvalue weighted by molar-refractivity contribution is 0.188. The molecular formula is C20H32N4O. The van der Waals surface area contributed by atoms with Crippen molar-refractivity contribution in [1.82, 2.24) is 15.1 Å². The highest BCUT2D eigenvalue weighted by molar-refractivity contribution is 5.80. The Morgan fingerprint density at radius 3 is 2.48 bits per heavy atom. The van der Waals surface area contributed by atoms with Gasteiger partial charge in [-0.1, -0.05) is 30.7 Å². The summed E-state index contributed by atoms with van der Waals surface area (Å²) in [7, 11) is 0. The van der Waals surface area contributed by atoms with E-state index in [1.165, 1.54) is 43.5 Å². The number of aliphatic imine (C=N–C) groups is 1. The summed E-state index contributed by atoms with van der Waals surface area (Å²) in [5.74, 6) is 0.913. The summed E-state index contributed by atoms with van der Waals surface area (Å²) in [6.07, 6.45) is 4.67.